The lowest BCUT2D eigenvalue weighted by molar-refractivity contribution is -0.127. The molecule has 4 nitrogen and oxygen atoms in total. The van der Waals surface area contributed by atoms with E-state index >= 15 is 0 Å². The molecule has 0 saturated heterocycles. The number of para-hydroxylation sites is 1. The highest BCUT2D eigenvalue weighted by atomic mass is 16.5. The molecule has 0 aliphatic heterocycles. The molecule has 1 amide bonds. The lowest BCUT2D eigenvalue weighted by atomic mass is 10.1. The van der Waals surface area contributed by atoms with E-state index < -0.39 is 6.10 Å². The van der Waals surface area contributed by atoms with Gasteiger partial charge in [0, 0.05) is 18.9 Å². The summed E-state index contributed by atoms with van der Waals surface area (Å²) in [5, 5.41) is 2.86. The van der Waals surface area contributed by atoms with E-state index in [1.54, 1.807) is 19.3 Å². The van der Waals surface area contributed by atoms with Crippen molar-refractivity contribution < 1.29 is 9.53 Å². The van der Waals surface area contributed by atoms with Gasteiger partial charge in [-0.25, -0.2) is 0 Å². The zero-order valence-electron chi connectivity index (χ0n) is 12.4. The summed E-state index contributed by atoms with van der Waals surface area (Å²) >= 11 is 0. The van der Waals surface area contributed by atoms with Gasteiger partial charge < -0.3 is 10.1 Å². The largest absolute Gasteiger partial charge is 0.481 e. The second-order valence-corrected chi connectivity index (χ2v) is 4.79. The molecule has 0 unspecified atom stereocenters. The molecule has 0 aliphatic carbocycles. The third kappa shape index (κ3) is 4.31. The first-order valence-electron chi connectivity index (χ1n) is 7.12. The highest BCUT2D eigenvalue weighted by molar-refractivity contribution is 5.80. The molecule has 21 heavy (non-hydrogen) atoms. The van der Waals surface area contributed by atoms with Crippen LogP contribution in [0.2, 0.25) is 0 Å². The number of rotatable bonds is 6. The Kier molecular flexibility index (Phi) is 5.32. The van der Waals surface area contributed by atoms with E-state index in [-0.39, 0.29) is 5.91 Å². The summed E-state index contributed by atoms with van der Waals surface area (Å²) in [4.78, 5) is 16.0. The van der Waals surface area contributed by atoms with E-state index in [0.29, 0.717) is 6.54 Å². The van der Waals surface area contributed by atoms with E-state index in [2.05, 4.69) is 17.2 Å². The SMILES string of the molecule is CCc1ccccc1O[C@H](C)C(=O)NCc1ccncc1. The number of pyridine rings is 1. The number of aromatic nitrogens is 1. The molecular formula is C17H20N2O2. The maximum absolute atomic E-state index is 12.1. The van der Waals surface area contributed by atoms with Crippen molar-refractivity contribution >= 4 is 5.91 Å². The Morgan fingerprint density at radius 1 is 1.24 bits per heavy atom. The van der Waals surface area contributed by atoms with Crippen LogP contribution >= 0.6 is 0 Å². The Balaban J connectivity index is 1.90. The van der Waals surface area contributed by atoms with Crippen LogP contribution in [0, 0.1) is 0 Å². The molecule has 1 atom stereocenters. The average Bonchev–Trinajstić information content (AvgIpc) is 2.54. The molecule has 1 aromatic carbocycles. The fourth-order valence-electron chi connectivity index (χ4n) is 1.99. The molecule has 0 aliphatic rings. The van der Waals surface area contributed by atoms with Crippen LogP contribution in [-0.2, 0) is 17.8 Å². The van der Waals surface area contributed by atoms with Gasteiger partial charge in [-0.15, -0.1) is 0 Å². The zero-order valence-corrected chi connectivity index (χ0v) is 12.4. The van der Waals surface area contributed by atoms with Gasteiger partial charge in [-0.05, 0) is 42.7 Å². The van der Waals surface area contributed by atoms with Crippen molar-refractivity contribution in [1.29, 1.82) is 0 Å². The van der Waals surface area contributed by atoms with Crippen molar-refractivity contribution in [2.45, 2.75) is 32.9 Å². The highest BCUT2D eigenvalue weighted by Gasteiger charge is 2.15. The van der Waals surface area contributed by atoms with Gasteiger partial charge in [-0.2, -0.15) is 0 Å². The number of benzene rings is 1. The smallest absolute Gasteiger partial charge is 0.261 e. The van der Waals surface area contributed by atoms with Crippen molar-refractivity contribution in [3.8, 4) is 5.75 Å². The Bertz CT molecular complexity index is 584. The normalized spacial score (nSPS) is 11.7. The van der Waals surface area contributed by atoms with Crippen LogP contribution in [0.15, 0.2) is 48.8 Å². The maximum Gasteiger partial charge on any atom is 0.261 e. The number of aryl methyl sites for hydroxylation is 1. The van der Waals surface area contributed by atoms with Crippen LogP contribution in [0.5, 0.6) is 5.75 Å². The van der Waals surface area contributed by atoms with Crippen molar-refractivity contribution in [1.82, 2.24) is 10.3 Å². The molecule has 0 radical (unpaired) electrons. The van der Waals surface area contributed by atoms with Gasteiger partial charge in [-0.1, -0.05) is 25.1 Å². The Morgan fingerprint density at radius 3 is 2.67 bits per heavy atom. The van der Waals surface area contributed by atoms with E-state index in [0.717, 1.165) is 23.3 Å². The van der Waals surface area contributed by atoms with Gasteiger partial charge in [0.2, 0.25) is 0 Å². The predicted octanol–water partition coefficient (Wildman–Crippen LogP) is 2.73. The summed E-state index contributed by atoms with van der Waals surface area (Å²) in [6.07, 6.45) is 3.76. The van der Waals surface area contributed by atoms with Crippen LogP contribution in [0.4, 0.5) is 0 Å². The molecule has 1 aromatic heterocycles. The lowest BCUT2D eigenvalue weighted by Gasteiger charge is -2.16. The molecule has 110 valence electrons. The Labute approximate surface area is 125 Å². The molecule has 0 spiro atoms. The summed E-state index contributed by atoms with van der Waals surface area (Å²) in [5.74, 6) is 0.643. The van der Waals surface area contributed by atoms with Crippen molar-refractivity contribution in [3.05, 3.63) is 59.9 Å². The van der Waals surface area contributed by atoms with E-state index in [1.807, 2.05) is 36.4 Å². The minimum atomic E-state index is -0.528. The number of nitrogens with one attached hydrogen (secondary N) is 1. The van der Waals surface area contributed by atoms with Crippen LogP contribution < -0.4 is 10.1 Å². The van der Waals surface area contributed by atoms with E-state index in [9.17, 15) is 4.79 Å². The number of nitrogens with zero attached hydrogens (tertiary/aromatic N) is 1. The molecule has 1 heterocycles. The van der Waals surface area contributed by atoms with Crippen molar-refractivity contribution in [2.75, 3.05) is 0 Å². The first-order chi connectivity index (χ1) is 10.2. The van der Waals surface area contributed by atoms with E-state index in [4.69, 9.17) is 4.74 Å². The van der Waals surface area contributed by atoms with Crippen LogP contribution in [0.3, 0.4) is 0 Å². The first kappa shape index (κ1) is 15.0. The number of ether oxygens (including phenoxy) is 1. The topological polar surface area (TPSA) is 51.2 Å². The lowest BCUT2D eigenvalue weighted by Crippen LogP contribution is -2.36. The van der Waals surface area contributed by atoms with Gasteiger partial charge in [0.05, 0.1) is 0 Å². The average molecular weight is 284 g/mol. The predicted molar refractivity (Wildman–Crippen MR) is 82.0 cm³/mol. The molecule has 0 saturated carbocycles. The Hall–Kier alpha value is -2.36. The third-order valence-corrected chi connectivity index (χ3v) is 3.24. The molecule has 2 aromatic rings. The summed E-state index contributed by atoms with van der Waals surface area (Å²) in [6, 6.07) is 11.5. The number of carbonyl (C=O) groups excluding carboxylic acids is 1. The standard InChI is InChI=1S/C17H20N2O2/c1-3-15-6-4-5-7-16(15)21-13(2)17(20)19-12-14-8-10-18-11-9-14/h4-11,13H,3,12H2,1-2H3,(H,19,20)/t13-/m1/s1. The monoisotopic (exact) mass is 284 g/mol. The van der Waals surface area contributed by atoms with Gasteiger partial charge in [0.25, 0.3) is 5.91 Å². The van der Waals surface area contributed by atoms with Gasteiger partial charge in [-0.3, -0.25) is 9.78 Å². The quantitative estimate of drug-likeness (QED) is 0.887. The van der Waals surface area contributed by atoms with Crippen LogP contribution in [0.1, 0.15) is 25.0 Å². The van der Waals surface area contributed by atoms with Crippen LogP contribution in [0.25, 0.3) is 0 Å². The molecule has 2 rings (SSSR count). The van der Waals surface area contributed by atoms with Gasteiger partial charge in [0.15, 0.2) is 6.10 Å². The maximum atomic E-state index is 12.1. The third-order valence-electron chi connectivity index (χ3n) is 3.24. The minimum Gasteiger partial charge on any atom is -0.481 e. The van der Waals surface area contributed by atoms with Crippen molar-refractivity contribution in [2.24, 2.45) is 0 Å². The summed E-state index contributed by atoms with van der Waals surface area (Å²) < 4.78 is 5.76. The molecule has 0 bridgehead atoms. The fraction of sp³-hybridized carbons (Fsp3) is 0.294. The molecule has 4 heteroatoms. The summed E-state index contributed by atoms with van der Waals surface area (Å²) in [5.41, 5.74) is 2.12. The van der Waals surface area contributed by atoms with Gasteiger partial charge in [0.1, 0.15) is 5.75 Å². The first-order valence-corrected chi connectivity index (χ1v) is 7.12. The number of carbonyl (C=O) groups is 1. The van der Waals surface area contributed by atoms with Gasteiger partial charge >= 0.3 is 0 Å². The van der Waals surface area contributed by atoms with Crippen LogP contribution in [-0.4, -0.2) is 17.0 Å². The number of amides is 1. The summed E-state index contributed by atoms with van der Waals surface area (Å²) in [7, 11) is 0. The number of hydrogen-bond donors (Lipinski definition) is 1. The second-order valence-electron chi connectivity index (χ2n) is 4.79. The zero-order chi connectivity index (χ0) is 15.1. The number of hydrogen-bond acceptors (Lipinski definition) is 3. The molecule has 1 N–H and O–H groups in total. The fourth-order valence-corrected chi connectivity index (χ4v) is 1.99. The molecule has 0 fully saturated rings. The van der Waals surface area contributed by atoms with Crippen molar-refractivity contribution in [3.63, 3.8) is 0 Å². The summed E-state index contributed by atoms with van der Waals surface area (Å²) in [6.45, 7) is 4.30. The Morgan fingerprint density at radius 2 is 1.95 bits per heavy atom. The molecular weight excluding hydrogens is 264 g/mol. The minimum absolute atomic E-state index is 0.127. The second kappa shape index (κ2) is 7.43. The highest BCUT2D eigenvalue weighted by Crippen LogP contribution is 2.19. The van der Waals surface area contributed by atoms with E-state index in [1.165, 1.54) is 0 Å².